The Hall–Kier alpha value is -2.49. The van der Waals surface area contributed by atoms with Gasteiger partial charge in [0.15, 0.2) is 0 Å². The smallest absolute Gasteiger partial charge is 0.339 e. The molecule has 4 heteroatoms. The van der Waals surface area contributed by atoms with Crippen molar-refractivity contribution in [2.24, 2.45) is 0 Å². The van der Waals surface area contributed by atoms with Crippen LogP contribution in [0.5, 0.6) is 11.5 Å². The first-order chi connectivity index (χ1) is 14.4. The van der Waals surface area contributed by atoms with Gasteiger partial charge in [0.2, 0.25) is 0 Å². The summed E-state index contributed by atoms with van der Waals surface area (Å²) >= 11 is 0. The van der Waals surface area contributed by atoms with Crippen LogP contribution in [0.15, 0.2) is 30.3 Å². The first kappa shape index (κ1) is 23.8. The summed E-state index contributed by atoms with van der Waals surface area (Å²) in [4.78, 5) is 12.0. The van der Waals surface area contributed by atoms with Crippen LogP contribution in [0.4, 0.5) is 0 Å². The molecule has 0 radical (unpaired) electrons. The predicted molar refractivity (Wildman–Crippen MR) is 123 cm³/mol. The van der Waals surface area contributed by atoms with E-state index < -0.39 is 5.97 Å². The van der Waals surface area contributed by atoms with Gasteiger partial charge in [-0.1, -0.05) is 65.7 Å². The maximum absolute atomic E-state index is 12.0. The molecule has 0 saturated heterocycles. The molecule has 0 aliphatic rings. The van der Waals surface area contributed by atoms with Crippen LogP contribution in [-0.2, 0) is 6.42 Å². The first-order valence-electron chi connectivity index (χ1n) is 11.2. The number of ether oxygens (including phenoxy) is 2. The number of rotatable bonds is 12. The van der Waals surface area contributed by atoms with Gasteiger partial charge in [0.25, 0.3) is 0 Å². The zero-order valence-electron chi connectivity index (χ0n) is 19.1. The fraction of sp³-hybridized carbons (Fsp3) is 0.500. The first-order valence-corrected chi connectivity index (χ1v) is 11.2. The van der Waals surface area contributed by atoms with Gasteiger partial charge in [0.05, 0.1) is 13.2 Å². The summed E-state index contributed by atoms with van der Waals surface area (Å²) in [6.07, 6.45) is 4.70. The second kappa shape index (κ2) is 11.6. The molecule has 0 atom stereocenters. The van der Waals surface area contributed by atoms with Crippen LogP contribution >= 0.6 is 0 Å². The van der Waals surface area contributed by atoms with Gasteiger partial charge in [-0.2, -0.15) is 0 Å². The highest BCUT2D eigenvalue weighted by molar-refractivity contribution is 5.94. The molecule has 0 bridgehead atoms. The zero-order valence-corrected chi connectivity index (χ0v) is 19.1. The quantitative estimate of drug-likeness (QED) is 0.378. The fourth-order valence-electron chi connectivity index (χ4n) is 3.34. The number of hydrogen-bond donors (Lipinski definition) is 1. The lowest BCUT2D eigenvalue weighted by atomic mass is 9.91. The summed E-state index contributed by atoms with van der Waals surface area (Å²) in [5.41, 5.74) is 4.45. The summed E-state index contributed by atoms with van der Waals surface area (Å²) in [7, 11) is 0. The van der Waals surface area contributed by atoms with Gasteiger partial charge in [-0.25, -0.2) is 4.79 Å². The highest BCUT2D eigenvalue weighted by Crippen LogP contribution is 2.39. The number of carboxylic acids is 1. The van der Waals surface area contributed by atoms with Crippen molar-refractivity contribution in [1.82, 2.24) is 0 Å². The molecule has 1 N–H and O–H groups in total. The second-order valence-corrected chi connectivity index (χ2v) is 7.98. The average Bonchev–Trinajstić information content (AvgIpc) is 2.73. The Bertz CT molecular complexity index is 839. The Labute approximate surface area is 181 Å². The maximum Gasteiger partial charge on any atom is 0.339 e. The Morgan fingerprint density at radius 2 is 1.53 bits per heavy atom. The van der Waals surface area contributed by atoms with Gasteiger partial charge >= 0.3 is 5.97 Å². The van der Waals surface area contributed by atoms with Crippen molar-refractivity contribution in [1.29, 1.82) is 0 Å². The monoisotopic (exact) mass is 412 g/mol. The topological polar surface area (TPSA) is 55.8 Å². The molecule has 0 spiro atoms. The number of benzene rings is 2. The van der Waals surface area contributed by atoms with Crippen molar-refractivity contribution < 1.29 is 19.4 Å². The van der Waals surface area contributed by atoms with Crippen molar-refractivity contribution in [3.05, 3.63) is 47.0 Å². The van der Waals surface area contributed by atoms with Crippen LogP contribution in [-0.4, -0.2) is 24.3 Å². The van der Waals surface area contributed by atoms with E-state index in [1.54, 1.807) is 12.1 Å². The molecule has 30 heavy (non-hydrogen) atoms. The van der Waals surface area contributed by atoms with Gasteiger partial charge < -0.3 is 14.6 Å². The lowest BCUT2D eigenvalue weighted by Gasteiger charge is -2.19. The molecule has 4 nitrogen and oxygen atoms in total. The maximum atomic E-state index is 12.0. The van der Waals surface area contributed by atoms with E-state index in [0.717, 1.165) is 43.2 Å². The minimum absolute atomic E-state index is 0.181. The summed E-state index contributed by atoms with van der Waals surface area (Å²) in [5.74, 6) is 0.468. The standard InChI is InChI=1S/C26H36O4/c1-6-9-13-29-24-17-25(30-14-10-7-2)23(26(27)28)16-22(24)21-15-20(18(4)5)12-11-19(21)8-3/h11-12,15-18H,6-10,13-14H2,1-5H3,(H,27,28). The van der Waals surface area contributed by atoms with Crippen molar-refractivity contribution in [2.75, 3.05) is 13.2 Å². The SMILES string of the molecule is CCCCOc1cc(OCCCC)c(-c2cc(C(C)C)ccc2CC)cc1C(=O)O. The van der Waals surface area contributed by atoms with E-state index >= 15 is 0 Å². The third kappa shape index (κ3) is 6.01. The van der Waals surface area contributed by atoms with Gasteiger partial charge in [-0.15, -0.1) is 0 Å². The Morgan fingerprint density at radius 3 is 2.07 bits per heavy atom. The molecule has 2 aromatic rings. The summed E-state index contributed by atoms with van der Waals surface area (Å²) in [5, 5.41) is 9.85. The molecule has 0 heterocycles. The Kier molecular flexibility index (Phi) is 9.22. The molecule has 164 valence electrons. The molecule has 0 aromatic heterocycles. The lowest BCUT2D eigenvalue weighted by molar-refractivity contribution is 0.0692. The third-order valence-electron chi connectivity index (χ3n) is 5.29. The normalized spacial score (nSPS) is 11.0. The minimum Gasteiger partial charge on any atom is -0.493 e. The van der Waals surface area contributed by atoms with Gasteiger partial charge in [-0.3, -0.25) is 0 Å². The van der Waals surface area contributed by atoms with E-state index in [1.807, 2.05) is 0 Å². The third-order valence-corrected chi connectivity index (χ3v) is 5.29. The van der Waals surface area contributed by atoms with Crippen molar-refractivity contribution in [2.45, 2.75) is 72.6 Å². The Morgan fingerprint density at radius 1 is 0.900 bits per heavy atom. The molecule has 0 aliphatic carbocycles. The van der Waals surface area contributed by atoms with Crippen LogP contribution in [0.2, 0.25) is 0 Å². The molecule has 0 aliphatic heterocycles. The molecule has 0 unspecified atom stereocenters. The molecule has 0 saturated carbocycles. The number of unbranched alkanes of at least 4 members (excludes halogenated alkanes) is 2. The van der Waals surface area contributed by atoms with Crippen LogP contribution in [0, 0.1) is 0 Å². The fourth-order valence-corrected chi connectivity index (χ4v) is 3.34. The lowest BCUT2D eigenvalue weighted by Crippen LogP contribution is -2.07. The van der Waals surface area contributed by atoms with Gasteiger partial charge in [0, 0.05) is 11.6 Å². The van der Waals surface area contributed by atoms with E-state index in [2.05, 4.69) is 52.8 Å². The van der Waals surface area contributed by atoms with E-state index in [9.17, 15) is 9.90 Å². The highest BCUT2D eigenvalue weighted by atomic mass is 16.5. The van der Waals surface area contributed by atoms with E-state index in [0.29, 0.717) is 30.6 Å². The second-order valence-electron chi connectivity index (χ2n) is 7.98. The van der Waals surface area contributed by atoms with Crippen molar-refractivity contribution in [3.8, 4) is 22.6 Å². The summed E-state index contributed by atoms with van der Waals surface area (Å²) in [6.45, 7) is 11.7. The average molecular weight is 413 g/mol. The minimum atomic E-state index is -0.985. The molecule has 2 rings (SSSR count). The zero-order chi connectivity index (χ0) is 22.1. The largest absolute Gasteiger partial charge is 0.493 e. The Balaban J connectivity index is 2.64. The number of carbonyl (C=O) groups is 1. The van der Waals surface area contributed by atoms with Crippen LogP contribution in [0.1, 0.15) is 87.7 Å². The number of aromatic carboxylic acids is 1. The van der Waals surface area contributed by atoms with E-state index in [4.69, 9.17) is 9.47 Å². The number of hydrogen-bond acceptors (Lipinski definition) is 3. The molecule has 2 aromatic carbocycles. The number of carboxylic acid groups (broad SMARTS) is 1. The van der Waals surface area contributed by atoms with Crippen molar-refractivity contribution in [3.63, 3.8) is 0 Å². The van der Waals surface area contributed by atoms with E-state index in [1.165, 1.54) is 11.1 Å². The summed E-state index contributed by atoms with van der Waals surface area (Å²) in [6, 6.07) is 9.97. The number of aryl methyl sites for hydroxylation is 1. The van der Waals surface area contributed by atoms with Crippen LogP contribution in [0.25, 0.3) is 11.1 Å². The molecular formula is C26H36O4. The molecule has 0 fully saturated rings. The van der Waals surface area contributed by atoms with E-state index in [-0.39, 0.29) is 5.56 Å². The molecule has 0 amide bonds. The molecular weight excluding hydrogens is 376 g/mol. The van der Waals surface area contributed by atoms with Crippen molar-refractivity contribution >= 4 is 5.97 Å². The van der Waals surface area contributed by atoms with Crippen LogP contribution in [0.3, 0.4) is 0 Å². The van der Waals surface area contributed by atoms with Crippen LogP contribution < -0.4 is 9.47 Å². The highest BCUT2D eigenvalue weighted by Gasteiger charge is 2.20. The van der Waals surface area contributed by atoms with Gasteiger partial charge in [-0.05, 0) is 47.9 Å². The van der Waals surface area contributed by atoms with Gasteiger partial charge in [0.1, 0.15) is 17.1 Å². The summed E-state index contributed by atoms with van der Waals surface area (Å²) < 4.78 is 12.0. The predicted octanol–water partition coefficient (Wildman–Crippen LogP) is 7.10.